The van der Waals surface area contributed by atoms with E-state index >= 15 is 0 Å². The van der Waals surface area contributed by atoms with Crippen LogP contribution in [0.5, 0.6) is 0 Å². The average molecular weight is 241 g/mol. The number of ether oxygens (including phenoxy) is 1. The minimum atomic E-state index is -0.456. The predicted octanol–water partition coefficient (Wildman–Crippen LogP) is 2.73. The van der Waals surface area contributed by atoms with Gasteiger partial charge in [0.15, 0.2) is 0 Å². The maximum absolute atomic E-state index is 11.8. The Morgan fingerprint density at radius 3 is 2.24 bits per heavy atom. The van der Waals surface area contributed by atoms with Crippen LogP contribution in [0.25, 0.3) is 0 Å². The maximum atomic E-state index is 11.8. The zero-order valence-electron chi connectivity index (χ0n) is 11.6. The SMILES string of the molecule is CC(C)C[C@H](N)C(=O)OC1CC(C)CC(C)C1. The quantitative estimate of drug-likeness (QED) is 0.770. The highest BCUT2D eigenvalue weighted by Gasteiger charge is 2.28. The molecule has 100 valence electrons. The Kier molecular flexibility index (Phi) is 5.44. The van der Waals surface area contributed by atoms with Gasteiger partial charge in [-0.15, -0.1) is 0 Å². The van der Waals surface area contributed by atoms with Crippen molar-refractivity contribution in [1.82, 2.24) is 0 Å². The van der Waals surface area contributed by atoms with Crippen LogP contribution in [0.2, 0.25) is 0 Å². The van der Waals surface area contributed by atoms with Crippen molar-refractivity contribution in [3.63, 3.8) is 0 Å². The zero-order valence-corrected chi connectivity index (χ0v) is 11.6. The van der Waals surface area contributed by atoms with E-state index in [4.69, 9.17) is 10.5 Å². The Morgan fingerprint density at radius 2 is 1.76 bits per heavy atom. The second-order valence-corrected chi connectivity index (χ2v) is 6.21. The van der Waals surface area contributed by atoms with Gasteiger partial charge in [-0.1, -0.05) is 27.7 Å². The lowest BCUT2D eigenvalue weighted by molar-refractivity contribution is -0.154. The van der Waals surface area contributed by atoms with Crippen molar-refractivity contribution in [1.29, 1.82) is 0 Å². The summed E-state index contributed by atoms with van der Waals surface area (Å²) in [5, 5.41) is 0. The lowest BCUT2D eigenvalue weighted by Crippen LogP contribution is -2.38. The summed E-state index contributed by atoms with van der Waals surface area (Å²) in [6, 6.07) is -0.456. The van der Waals surface area contributed by atoms with Crippen LogP contribution in [0.15, 0.2) is 0 Å². The summed E-state index contributed by atoms with van der Waals surface area (Å²) >= 11 is 0. The molecule has 0 aromatic heterocycles. The fourth-order valence-corrected chi connectivity index (χ4v) is 2.83. The Hall–Kier alpha value is -0.570. The van der Waals surface area contributed by atoms with E-state index in [9.17, 15) is 4.79 Å². The molecule has 1 saturated carbocycles. The topological polar surface area (TPSA) is 52.3 Å². The van der Waals surface area contributed by atoms with Gasteiger partial charge in [0.1, 0.15) is 12.1 Å². The van der Waals surface area contributed by atoms with Gasteiger partial charge in [0.05, 0.1) is 0 Å². The smallest absolute Gasteiger partial charge is 0.323 e. The molecule has 1 fully saturated rings. The van der Waals surface area contributed by atoms with Crippen LogP contribution in [0, 0.1) is 17.8 Å². The van der Waals surface area contributed by atoms with E-state index in [2.05, 4.69) is 27.7 Å². The number of carbonyl (C=O) groups is 1. The first kappa shape index (κ1) is 14.5. The van der Waals surface area contributed by atoms with Gasteiger partial charge in [-0.3, -0.25) is 4.79 Å². The first-order chi connectivity index (χ1) is 7.88. The van der Waals surface area contributed by atoms with Crippen molar-refractivity contribution in [3.05, 3.63) is 0 Å². The second kappa shape index (κ2) is 6.39. The molecule has 0 saturated heterocycles. The van der Waals surface area contributed by atoms with Gasteiger partial charge in [0.25, 0.3) is 0 Å². The van der Waals surface area contributed by atoms with Crippen molar-refractivity contribution in [2.24, 2.45) is 23.5 Å². The molecule has 0 amide bonds. The van der Waals surface area contributed by atoms with Crippen LogP contribution in [0.4, 0.5) is 0 Å². The van der Waals surface area contributed by atoms with Crippen molar-refractivity contribution in [2.45, 2.75) is 65.5 Å². The van der Waals surface area contributed by atoms with Crippen LogP contribution in [-0.2, 0) is 9.53 Å². The molecule has 0 aromatic carbocycles. The molecule has 3 atom stereocenters. The molecule has 17 heavy (non-hydrogen) atoms. The molecule has 2 unspecified atom stereocenters. The van der Waals surface area contributed by atoms with Crippen molar-refractivity contribution < 1.29 is 9.53 Å². The summed E-state index contributed by atoms with van der Waals surface area (Å²) in [4.78, 5) is 11.8. The molecule has 1 aliphatic rings. The highest BCUT2D eigenvalue weighted by molar-refractivity contribution is 5.75. The molecule has 0 aliphatic heterocycles. The first-order valence-corrected chi connectivity index (χ1v) is 6.84. The average Bonchev–Trinajstić information content (AvgIpc) is 2.14. The molecule has 2 N–H and O–H groups in total. The Labute approximate surface area is 105 Å². The highest BCUT2D eigenvalue weighted by atomic mass is 16.5. The first-order valence-electron chi connectivity index (χ1n) is 6.84. The number of nitrogens with two attached hydrogens (primary N) is 1. The second-order valence-electron chi connectivity index (χ2n) is 6.21. The molecule has 3 nitrogen and oxygen atoms in total. The lowest BCUT2D eigenvalue weighted by atomic mass is 9.82. The summed E-state index contributed by atoms with van der Waals surface area (Å²) in [5.41, 5.74) is 5.83. The van der Waals surface area contributed by atoms with Gasteiger partial charge in [-0.2, -0.15) is 0 Å². The monoisotopic (exact) mass is 241 g/mol. The molecule has 0 spiro atoms. The number of hydrogen-bond acceptors (Lipinski definition) is 3. The summed E-state index contributed by atoms with van der Waals surface area (Å²) < 4.78 is 5.53. The zero-order chi connectivity index (χ0) is 13.0. The van der Waals surface area contributed by atoms with Crippen molar-refractivity contribution in [3.8, 4) is 0 Å². The molecule has 3 heteroatoms. The maximum Gasteiger partial charge on any atom is 0.323 e. The summed E-state index contributed by atoms with van der Waals surface area (Å²) in [7, 11) is 0. The molecule has 1 rings (SSSR count). The number of rotatable bonds is 4. The number of carbonyl (C=O) groups excluding carboxylic acids is 1. The van der Waals surface area contributed by atoms with Crippen molar-refractivity contribution >= 4 is 5.97 Å². The van der Waals surface area contributed by atoms with Gasteiger partial charge in [0, 0.05) is 0 Å². The predicted molar refractivity (Wildman–Crippen MR) is 69.5 cm³/mol. The van der Waals surface area contributed by atoms with Gasteiger partial charge >= 0.3 is 5.97 Å². The largest absolute Gasteiger partial charge is 0.461 e. The third kappa shape index (κ3) is 5.07. The molecule has 1 aliphatic carbocycles. The summed E-state index contributed by atoms with van der Waals surface area (Å²) in [6.07, 6.45) is 4.01. The lowest BCUT2D eigenvalue weighted by Gasteiger charge is -2.31. The molecular weight excluding hydrogens is 214 g/mol. The molecule has 0 bridgehead atoms. The fraction of sp³-hybridized carbons (Fsp3) is 0.929. The van der Waals surface area contributed by atoms with Gasteiger partial charge in [-0.05, 0) is 43.4 Å². The molecular formula is C14H27NO2. The van der Waals surface area contributed by atoms with E-state index in [0.29, 0.717) is 24.2 Å². The highest BCUT2D eigenvalue weighted by Crippen LogP contribution is 2.30. The van der Waals surface area contributed by atoms with Crippen LogP contribution >= 0.6 is 0 Å². The van der Waals surface area contributed by atoms with Crippen LogP contribution < -0.4 is 5.73 Å². The Morgan fingerprint density at radius 1 is 1.24 bits per heavy atom. The van der Waals surface area contributed by atoms with E-state index in [1.165, 1.54) is 6.42 Å². The summed E-state index contributed by atoms with van der Waals surface area (Å²) in [6.45, 7) is 8.59. The number of esters is 1. The Bertz CT molecular complexity index is 243. The van der Waals surface area contributed by atoms with Gasteiger partial charge < -0.3 is 10.5 Å². The number of hydrogen-bond donors (Lipinski definition) is 1. The molecule has 0 radical (unpaired) electrons. The standard InChI is InChI=1S/C14H27NO2/c1-9(2)5-13(15)14(16)17-12-7-10(3)6-11(4)8-12/h9-13H,5-8,15H2,1-4H3/t10?,11?,12?,13-/m0/s1. The van der Waals surface area contributed by atoms with E-state index < -0.39 is 6.04 Å². The molecule has 0 aromatic rings. The fourth-order valence-electron chi connectivity index (χ4n) is 2.83. The third-order valence-electron chi connectivity index (χ3n) is 3.45. The molecule has 0 heterocycles. The third-order valence-corrected chi connectivity index (χ3v) is 3.45. The van der Waals surface area contributed by atoms with Gasteiger partial charge in [-0.25, -0.2) is 0 Å². The van der Waals surface area contributed by atoms with Crippen molar-refractivity contribution in [2.75, 3.05) is 0 Å². The van der Waals surface area contributed by atoms with Crippen LogP contribution in [-0.4, -0.2) is 18.1 Å². The minimum absolute atomic E-state index is 0.0828. The van der Waals surface area contributed by atoms with E-state index in [1.807, 2.05) is 0 Å². The van der Waals surface area contributed by atoms with Crippen LogP contribution in [0.1, 0.15) is 53.4 Å². The van der Waals surface area contributed by atoms with E-state index in [1.54, 1.807) is 0 Å². The summed E-state index contributed by atoms with van der Waals surface area (Å²) in [5.74, 6) is 1.52. The van der Waals surface area contributed by atoms with E-state index in [0.717, 1.165) is 12.8 Å². The van der Waals surface area contributed by atoms with Gasteiger partial charge in [0.2, 0.25) is 0 Å². The van der Waals surface area contributed by atoms with E-state index in [-0.39, 0.29) is 12.1 Å². The van der Waals surface area contributed by atoms with Crippen LogP contribution in [0.3, 0.4) is 0 Å². The minimum Gasteiger partial charge on any atom is -0.461 e. The normalized spacial score (nSPS) is 31.3. The Balaban J connectivity index is 2.39.